The van der Waals surface area contributed by atoms with Gasteiger partial charge in [0.2, 0.25) is 11.8 Å². The maximum atomic E-state index is 14.6. The van der Waals surface area contributed by atoms with E-state index in [-0.39, 0.29) is 44.1 Å². The molecule has 0 bridgehead atoms. The fourth-order valence-electron chi connectivity index (χ4n) is 7.59. The van der Waals surface area contributed by atoms with E-state index in [1.807, 2.05) is 85.8 Å². The molecule has 1 aromatic heterocycles. The smallest absolute Gasteiger partial charge is 0.250 e. The summed E-state index contributed by atoms with van der Waals surface area (Å²) in [5.74, 6) is -2.45. The first-order chi connectivity index (χ1) is 21.4. The standard InChI is InChI=1S/C33H36N6O5/c1-2-32-15-8-17-36(21-23-11-4-3-5-12-23)29(41)26(32)27-30(42)38(19-10-20-40)28-31(43)37(18-9-16-33(27,28)44-32)22-39-25-14-7-6-13-24(25)34-35-39/h3-9,11-16,26-28,40H,2,10,17-22H2,1H3/t26-,27-,28?,32+,33-/m0/s1. The summed E-state index contributed by atoms with van der Waals surface area (Å²) in [6, 6.07) is 16.3. The molecule has 0 aliphatic carbocycles. The van der Waals surface area contributed by atoms with Gasteiger partial charge in [-0.2, -0.15) is 0 Å². The topological polar surface area (TPSA) is 121 Å². The van der Waals surface area contributed by atoms with Gasteiger partial charge in [-0.15, -0.1) is 5.10 Å². The van der Waals surface area contributed by atoms with Gasteiger partial charge in [0, 0.05) is 32.8 Å². The zero-order chi connectivity index (χ0) is 30.5. The zero-order valence-corrected chi connectivity index (χ0v) is 24.7. The van der Waals surface area contributed by atoms with E-state index in [0.29, 0.717) is 25.9 Å². The van der Waals surface area contributed by atoms with Crippen molar-refractivity contribution in [2.75, 3.05) is 26.2 Å². The summed E-state index contributed by atoms with van der Waals surface area (Å²) in [4.78, 5) is 48.5. The number of para-hydroxylation sites is 1. The Morgan fingerprint density at radius 2 is 1.66 bits per heavy atom. The van der Waals surface area contributed by atoms with Crippen molar-refractivity contribution in [1.82, 2.24) is 29.7 Å². The lowest BCUT2D eigenvalue weighted by molar-refractivity contribution is -0.155. The molecule has 1 spiro atoms. The number of fused-ring (bicyclic) bond motifs is 3. The average Bonchev–Trinajstić information content (AvgIpc) is 3.58. The number of ether oxygens (including phenoxy) is 1. The number of aliphatic hydroxyl groups is 1. The number of nitrogens with zero attached hydrogens (tertiary/aromatic N) is 6. The van der Waals surface area contributed by atoms with Gasteiger partial charge in [-0.3, -0.25) is 14.4 Å². The Morgan fingerprint density at radius 1 is 0.909 bits per heavy atom. The van der Waals surface area contributed by atoms with Crippen molar-refractivity contribution in [2.45, 2.75) is 50.2 Å². The Balaban J connectivity index is 1.28. The van der Waals surface area contributed by atoms with Crippen molar-refractivity contribution < 1.29 is 24.2 Å². The molecule has 11 heteroatoms. The summed E-state index contributed by atoms with van der Waals surface area (Å²) < 4.78 is 8.70. The highest BCUT2D eigenvalue weighted by molar-refractivity contribution is 6.00. The fourth-order valence-corrected chi connectivity index (χ4v) is 7.59. The predicted octanol–water partition coefficient (Wildman–Crippen LogP) is 2.13. The summed E-state index contributed by atoms with van der Waals surface area (Å²) in [5.41, 5.74) is 0.106. The van der Waals surface area contributed by atoms with Gasteiger partial charge in [0.15, 0.2) is 0 Å². The van der Waals surface area contributed by atoms with Gasteiger partial charge in [0.25, 0.3) is 5.91 Å². The van der Waals surface area contributed by atoms with E-state index in [9.17, 15) is 19.5 Å². The summed E-state index contributed by atoms with van der Waals surface area (Å²) in [6.45, 7) is 3.21. The molecular weight excluding hydrogens is 560 g/mol. The van der Waals surface area contributed by atoms with Gasteiger partial charge >= 0.3 is 0 Å². The van der Waals surface area contributed by atoms with Crippen LogP contribution in [0.15, 0.2) is 78.9 Å². The number of hydrogen-bond acceptors (Lipinski definition) is 7. The van der Waals surface area contributed by atoms with Crippen LogP contribution in [-0.4, -0.2) is 96.0 Å². The van der Waals surface area contributed by atoms with Gasteiger partial charge in [-0.25, -0.2) is 4.68 Å². The van der Waals surface area contributed by atoms with Crippen molar-refractivity contribution >= 4 is 28.8 Å². The number of aliphatic hydroxyl groups excluding tert-OH is 1. The molecule has 0 saturated carbocycles. The van der Waals surface area contributed by atoms with E-state index in [1.165, 1.54) is 4.90 Å². The lowest BCUT2D eigenvalue weighted by Gasteiger charge is -2.38. The Labute approximate surface area is 255 Å². The maximum absolute atomic E-state index is 14.6. The molecule has 1 unspecified atom stereocenters. The number of amides is 3. The van der Waals surface area contributed by atoms with Crippen LogP contribution >= 0.6 is 0 Å². The van der Waals surface area contributed by atoms with E-state index in [0.717, 1.165) is 16.6 Å². The number of hydrogen-bond donors (Lipinski definition) is 1. The number of rotatable bonds is 8. The lowest BCUT2D eigenvalue weighted by atomic mass is 9.73. The van der Waals surface area contributed by atoms with Gasteiger partial charge in [-0.05, 0) is 30.5 Å². The molecule has 3 amide bonds. The first kappa shape index (κ1) is 28.4. The van der Waals surface area contributed by atoms with Crippen LogP contribution in [0.25, 0.3) is 11.0 Å². The molecule has 5 heterocycles. The first-order valence-electron chi connectivity index (χ1n) is 15.3. The van der Waals surface area contributed by atoms with E-state index in [4.69, 9.17) is 4.74 Å². The van der Waals surface area contributed by atoms with E-state index < -0.39 is 29.1 Å². The third kappa shape index (κ3) is 4.28. The van der Waals surface area contributed by atoms with Crippen LogP contribution in [0.5, 0.6) is 0 Å². The number of aromatic nitrogens is 3. The highest BCUT2D eigenvalue weighted by atomic mass is 16.5. The Kier molecular flexibility index (Phi) is 7.09. The van der Waals surface area contributed by atoms with Crippen molar-refractivity contribution in [2.24, 2.45) is 11.8 Å². The second-order valence-corrected chi connectivity index (χ2v) is 12.0. The fraction of sp³-hybridized carbons (Fsp3) is 0.424. The van der Waals surface area contributed by atoms with Crippen LogP contribution in [0.3, 0.4) is 0 Å². The molecular formula is C33H36N6O5. The molecule has 11 nitrogen and oxygen atoms in total. The summed E-state index contributed by atoms with van der Waals surface area (Å²) in [6.07, 6.45) is 8.38. The summed E-state index contributed by atoms with van der Waals surface area (Å²) in [7, 11) is 0. The third-order valence-corrected chi connectivity index (χ3v) is 9.60. The van der Waals surface area contributed by atoms with Crippen LogP contribution < -0.4 is 0 Å². The molecule has 2 fully saturated rings. The molecule has 4 aliphatic rings. The molecule has 0 radical (unpaired) electrons. The molecule has 1 N–H and O–H groups in total. The van der Waals surface area contributed by atoms with Crippen molar-refractivity contribution in [3.05, 3.63) is 84.5 Å². The number of carbonyl (C=O) groups excluding carboxylic acids is 3. The Bertz CT molecular complexity index is 1650. The second-order valence-electron chi connectivity index (χ2n) is 12.0. The van der Waals surface area contributed by atoms with Gasteiger partial charge in [0.05, 0.1) is 23.0 Å². The van der Waals surface area contributed by atoms with Crippen LogP contribution in [0, 0.1) is 11.8 Å². The largest absolute Gasteiger partial charge is 0.396 e. The van der Waals surface area contributed by atoms with E-state index in [1.54, 1.807) is 14.5 Å². The second kappa shape index (κ2) is 11.0. The molecule has 44 heavy (non-hydrogen) atoms. The monoisotopic (exact) mass is 596 g/mol. The van der Waals surface area contributed by atoms with Crippen molar-refractivity contribution in [1.29, 1.82) is 0 Å². The molecule has 4 aliphatic heterocycles. The van der Waals surface area contributed by atoms with Gasteiger partial charge in [0.1, 0.15) is 23.8 Å². The molecule has 2 saturated heterocycles. The molecule has 2 aromatic carbocycles. The lowest BCUT2D eigenvalue weighted by Crippen LogP contribution is -2.56. The SMILES string of the molecule is CC[C@@]12C=CCN(Cc3ccccc3)C(=O)[C@@H]1[C@H]1C(=O)N(CCCO)C3C(=O)N(Cn4nnc5ccccc54)CC=C[C@@]31O2. The molecule has 3 aromatic rings. The normalized spacial score (nSPS) is 29.6. The van der Waals surface area contributed by atoms with Crippen LogP contribution in [0.2, 0.25) is 0 Å². The minimum atomic E-state index is -1.35. The van der Waals surface area contributed by atoms with Crippen molar-refractivity contribution in [3.63, 3.8) is 0 Å². The quantitative estimate of drug-likeness (QED) is 0.396. The Hall–Kier alpha value is -4.35. The summed E-state index contributed by atoms with van der Waals surface area (Å²) in [5, 5.41) is 18.2. The number of carbonyl (C=O) groups is 3. The molecule has 5 atom stereocenters. The predicted molar refractivity (Wildman–Crippen MR) is 160 cm³/mol. The van der Waals surface area contributed by atoms with Crippen LogP contribution in [0.1, 0.15) is 25.3 Å². The van der Waals surface area contributed by atoms with E-state index >= 15 is 0 Å². The van der Waals surface area contributed by atoms with Gasteiger partial charge in [-0.1, -0.05) is 78.9 Å². The summed E-state index contributed by atoms with van der Waals surface area (Å²) >= 11 is 0. The molecule has 7 rings (SSSR count). The zero-order valence-electron chi connectivity index (χ0n) is 24.7. The van der Waals surface area contributed by atoms with Crippen molar-refractivity contribution in [3.8, 4) is 0 Å². The maximum Gasteiger partial charge on any atom is 0.250 e. The number of benzene rings is 2. The third-order valence-electron chi connectivity index (χ3n) is 9.60. The van der Waals surface area contributed by atoms with Gasteiger partial charge < -0.3 is 24.5 Å². The van der Waals surface area contributed by atoms with Crippen LogP contribution in [0.4, 0.5) is 0 Å². The highest BCUT2D eigenvalue weighted by Gasteiger charge is 2.75. The Morgan fingerprint density at radius 3 is 2.45 bits per heavy atom. The highest BCUT2D eigenvalue weighted by Crippen LogP contribution is 2.58. The minimum absolute atomic E-state index is 0.134. The average molecular weight is 597 g/mol. The minimum Gasteiger partial charge on any atom is -0.396 e. The van der Waals surface area contributed by atoms with E-state index in [2.05, 4.69) is 10.3 Å². The van der Waals surface area contributed by atoms with Crippen LogP contribution in [-0.2, 0) is 32.3 Å². The molecule has 228 valence electrons. The number of likely N-dealkylation sites (tertiary alicyclic amines) is 1. The first-order valence-corrected chi connectivity index (χ1v) is 15.3.